The van der Waals surface area contributed by atoms with Crippen molar-refractivity contribution in [2.75, 3.05) is 6.54 Å². The summed E-state index contributed by atoms with van der Waals surface area (Å²) in [6.07, 6.45) is -0.0354. The molecule has 0 fully saturated rings. The summed E-state index contributed by atoms with van der Waals surface area (Å²) in [6, 6.07) is 7.23. The van der Waals surface area contributed by atoms with Gasteiger partial charge in [0.2, 0.25) is 5.91 Å². The SMILES string of the molecule is CC(C)(C)NCC(=O)NCc1ccccc1CC(=O)O. The van der Waals surface area contributed by atoms with E-state index in [1.54, 1.807) is 12.1 Å². The Bertz CT molecular complexity index is 478. The average Bonchev–Trinajstić information content (AvgIpc) is 2.34. The number of amides is 1. The first-order chi connectivity index (χ1) is 9.28. The number of carboxylic acid groups (broad SMARTS) is 1. The van der Waals surface area contributed by atoms with Crippen molar-refractivity contribution in [3.63, 3.8) is 0 Å². The summed E-state index contributed by atoms with van der Waals surface area (Å²) in [6.45, 7) is 6.55. The molecular formula is C15H22N2O3. The third-order valence-electron chi connectivity index (χ3n) is 2.72. The van der Waals surface area contributed by atoms with Gasteiger partial charge in [-0.15, -0.1) is 0 Å². The summed E-state index contributed by atoms with van der Waals surface area (Å²) in [4.78, 5) is 22.5. The maximum Gasteiger partial charge on any atom is 0.307 e. The van der Waals surface area contributed by atoms with Gasteiger partial charge in [0.1, 0.15) is 0 Å². The molecule has 5 heteroatoms. The Morgan fingerprint density at radius 1 is 1.15 bits per heavy atom. The van der Waals surface area contributed by atoms with Crippen LogP contribution in [0.4, 0.5) is 0 Å². The van der Waals surface area contributed by atoms with Crippen LogP contribution in [-0.4, -0.2) is 29.1 Å². The second kappa shape index (κ2) is 7.05. The third-order valence-corrected chi connectivity index (χ3v) is 2.72. The zero-order chi connectivity index (χ0) is 15.2. The van der Waals surface area contributed by atoms with Crippen molar-refractivity contribution in [3.8, 4) is 0 Å². The molecule has 0 aliphatic rings. The van der Waals surface area contributed by atoms with Crippen molar-refractivity contribution in [2.24, 2.45) is 0 Å². The lowest BCUT2D eigenvalue weighted by molar-refractivity contribution is -0.136. The predicted molar refractivity (Wildman–Crippen MR) is 77.4 cm³/mol. The summed E-state index contributed by atoms with van der Waals surface area (Å²) in [5, 5.41) is 14.7. The molecule has 1 rings (SSSR count). The van der Waals surface area contributed by atoms with Crippen molar-refractivity contribution in [2.45, 2.75) is 39.3 Å². The minimum Gasteiger partial charge on any atom is -0.481 e. The number of carboxylic acids is 1. The Hall–Kier alpha value is -1.88. The molecule has 20 heavy (non-hydrogen) atoms. The highest BCUT2D eigenvalue weighted by Crippen LogP contribution is 2.09. The van der Waals surface area contributed by atoms with Crippen molar-refractivity contribution < 1.29 is 14.7 Å². The van der Waals surface area contributed by atoms with E-state index in [9.17, 15) is 9.59 Å². The standard InChI is InChI=1S/C15H22N2O3/c1-15(2,3)17-10-13(18)16-9-12-7-5-4-6-11(12)8-14(19)20/h4-7,17H,8-10H2,1-3H3,(H,16,18)(H,19,20). The highest BCUT2D eigenvalue weighted by atomic mass is 16.4. The van der Waals surface area contributed by atoms with E-state index in [1.807, 2.05) is 32.9 Å². The van der Waals surface area contributed by atoms with Gasteiger partial charge in [0.25, 0.3) is 0 Å². The molecule has 0 unspecified atom stereocenters. The molecule has 0 heterocycles. The van der Waals surface area contributed by atoms with Gasteiger partial charge >= 0.3 is 5.97 Å². The van der Waals surface area contributed by atoms with Crippen LogP contribution in [-0.2, 0) is 22.6 Å². The highest BCUT2D eigenvalue weighted by molar-refractivity contribution is 5.78. The minimum atomic E-state index is -0.877. The summed E-state index contributed by atoms with van der Waals surface area (Å²) in [5.74, 6) is -0.983. The maximum atomic E-state index is 11.7. The lowest BCUT2D eigenvalue weighted by atomic mass is 10.0. The molecule has 1 aromatic rings. The van der Waals surface area contributed by atoms with Gasteiger partial charge in [-0.1, -0.05) is 24.3 Å². The molecule has 0 bridgehead atoms. The lowest BCUT2D eigenvalue weighted by Gasteiger charge is -2.20. The second-order valence-electron chi connectivity index (χ2n) is 5.72. The van der Waals surface area contributed by atoms with Crippen LogP contribution in [0.25, 0.3) is 0 Å². The number of nitrogens with one attached hydrogen (secondary N) is 2. The van der Waals surface area contributed by atoms with Crippen LogP contribution in [0.2, 0.25) is 0 Å². The first kappa shape index (κ1) is 16.2. The summed E-state index contributed by atoms with van der Waals surface area (Å²) in [7, 11) is 0. The molecule has 0 saturated carbocycles. The van der Waals surface area contributed by atoms with Gasteiger partial charge in [0.15, 0.2) is 0 Å². The van der Waals surface area contributed by atoms with E-state index in [0.29, 0.717) is 6.54 Å². The molecule has 0 atom stereocenters. The summed E-state index contributed by atoms with van der Waals surface area (Å²) >= 11 is 0. The number of hydrogen-bond donors (Lipinski definition) is 3. The van der Waals surface area contributed by atoms with Crippen LogP contribution in [0.1, 0.15) is 31.9 Å². The van der Waals surface area contributed by atoms with Crippen molar-refractivity contribution >= 4 is 11.9 Å². The van der Waals surface area contributed by atoms with Crippen molar-refractivity contribution in [1.82, 2.24) is 10.6 Å². The van der Waals surface area contributed by atoms with Crippen LogP contribution >= 0.6 is 0 Å². The Labute approximate surface area is 119 Å². The molecule has 5 nitrogen and oxygen atoms in total. The van der Waals surface area contributed by atoms with E-state index in [0.717, 1.165) is 11.1 Å². The first-order valence-electron chi connectivity index (χ1n) is 6.58. The Balaban J connectivity index is 2.53. The Morgan fingerprint density at radius 2 is 1.75 bits per heavy atom. The monoisotopic (exact) mass is 278 g/mol. The van der Waals surface area contributed by atoms with Gasteiger partial charge in [-0.2, -0.15) is 0 Å². The Kier molecular flexibility index (Phi) is 5.70. The van der Waals surface area contributed by atoms with Crippen molar-refractivity contribution in [3.05, 3.63) is 35.4 Å². The van der Waals surface area contributed by atoms with E-state index in [4.69, 9.17) is 5.11 Å². The largest absolute Gasteiger partial charge is 0.481 e. The second-order valence-corrected chi connectivity index (χ2v) is 5.72. The fraction of sp³-hybridized carbons (Fsp3) is 0.467. The zero-order valence-electron chi connectivity index (χ0n) is 12.2. The van der Waals surface area contributed by atoms with Crippen LogP contribution in [0.3, 0.4) is 0 Å². The molecule has 0 aromatic heterocycles. The van der Waals surface area contributed by atoms with Crippen LogP contribution in [0.5, 0.6) is 0 Å². The van der Waals surface area contributed by atoms with Gasteiger partial charge in [0, 0.05) is 12.1 Å². The summed E-state index contributed by atoms with van der Waals surface area (Å²) < 4.78 is 0. The molecular weight excluding hydrogens is 256 g/mol. The molecule has 110 valence electrons. The smallest absolute Gasteiger partial charge is 0.307 e. The minimum absolute atomic E-state index is 0.0354. The van der Waals surface area contributed by atoms with Gasteiger partial charge in [-0.25, -0.2) is 0 Å². The maximum absolute atomic E-state index is 11.7. The Morgan fingerprint density at radius 3 is 2.30 bits per heavy atom. The number of benzene rings is 1. The van der Waals surface area contributed by atoms with Gasteiger partial charge < -0.3 is 15.7 Å². The molecule has 1 amide bonds. The van der Waals surface area contributed by atoms with Crippen LogP contribution in [0.15, 0.2) is 24.3 Å². The number of rotatable bonds is 6. The van der Waals surface area contributed by atoms with Gasteiger partial charge in [-0.05, 0) is 31.9 Å². The number of hydrogen-bond acceptors (Lipinski definition) is 3. The zero-order valence-corrected chi connectivity index (χ0v) is 12.2. The molecule has 0 aliphatic heterocycles. The molecule has 0 saturated heterocycles. The fourth-order valence-corrected chi connectivity index (χ4v) is 1.67. The normalized spacial score (nSPS) is 11.2. The van der Waals surface area contributed by atoms with Gasteiger partial charge in [-0.3, -0.25) is 9.59 Å². The summed E-state index contributed by atoms with van der Waals surface area (Å²) in [5.41, 5.74) is 1.45. The predicted octanol–water partition coefficient (Wildman–Crippen LogP) is 1.32. The molecule has 1 aromatic carbocycles. The topological polar surface area (TPSA) is 78.4 Å². The highest BCUT2D eigenvalue weighted by Gasteiger charge is 2.12. The quantitative estimate of drug-likeness (QED) is 0.733. The van der Waals surface area contributed by atoms with E-state index >= 15 is 0 Å². The number of carbonyl (C=O) groups is 2. The molecule has 3 N–H and O–H groups in total. The van der Waals surface area contributed by atoms with E-state index < -0.39 is 5.97 Å². The fourth-order valence-electron chi connectivity index (χ4n) is 1.67. The first-order valence-corrected chi connectivity index (χ1v) is 6.58. The van der Waals surface area contributed by atoms with Crippen molar-refractivity contribution in [1.29, 1.82) is 0 Å². The van der Waals surface area contributed by atoms with E-state index in [1.165, 1.54) is 0 Å². The molecule has 0 spiro atoms. The van der Waals surface area contributed by atoms with E-state index in [-0.39, 0.29) is 24.4 Å². The third kappa shape index (κ3) is 6.33. The molecule has 0 aliphatic carbocycles. The number of carbonyl (C=O) groups excluding carboxylic acids is 1. The van der Waals surface area contributed by atoms with Crippen LogP contribution in [0, 0.1) is 0 Å². The molecule has 0 radical (unpaired) electrons. The van der Waals surface area contributed by atoms with Crippen LogP contribution < -0.4 is 10.6 Å². The number of aliphatic carboxylic acids is 1. The lowest BCUT2D eigenvalue weighted by Crippen LogP contribution is -2.43. The van der Waals surface area contributed by atoms with E-state index in [2.05, 4.69) is 10.6 Å². The van der Waals surface area contributed by atoms with Gasteiger partial charge in [0.05, 0.1) is 13.0 Å². The average molecular weight is 278 g/mol.